The molecule has 0 amide bonds. The Morgan fingerprint density at radius 2 is 1.78 bits per heavy atom. The lowest BCUT2D eigenvalue weighted by Crippen LogP contribution is -2.53. The molecule has 2 atom stereocenters. The Balaban J connectivity index is 2.80. The predicted molar refractivity (Wildman–Crippen MR) is 67.6 cm³/mol. The lowest BCUT2D eigenvalue weighted by Gasteiger charge is -2.39. The van der Waals surface area contributed by atoms with Crippen LogP contribution in [0.15, 0.2) is 0 Å². The van der Waals surface area contributed by atoms with Crippen molar-refractivity contribution in [3.8, 4) is 0 Å². The van der Waals surface area contributed by atoms with Gasteiger partial charge in [0.2, 0.25) is 0 Å². The van der Waals surface area contributed by atoms with E-state index in [4.69, 9.17) is 0 Å². The molecule has 0 bridgehead atoms. The summed E-state index contributed by atoms with van der Waals surface area (Å²) < 4.78 is 38.1. The maximum absolute atomic E-state index is 12.7. The summed E-state index contributed by atoms with van der Waals surface area (Å²) in [6.45, 7) is 2.90. The van der Waals surface area contributed by atoms with Crippen LogP contribution in [0.25, 0.3) is 0 Å². The lowest BCUT2D eigenvalue weighted by molar-refractivity contribution is -0.157. The number of likely N-dealkylation sites (N-methyl/N-ethyl adjacent to an activating group) is 1. The number of rotatable bonds is 4. The van der Waals surface area contributed by atoms with Gasteiger partial charge in [-0.05, 0) is 33.7 Å². The molecule has 0 aromatic carbocycles. The molecule has 5 heteroatoms. The second-order valence-electron chi connectivity index (χ2n) is 5.48. The third-order valence-corrected chi connectivity index (χ3v) is 3.80. The summed E-state index contributed by atoms with van der Waals surface area (Å²) >= 11 is 0. The largest absolute Gasteiger partial charge is 0.401 e. The van der Waals surface area contributed by atoms with E-state index in [1.807, 2.05) is 20.9 Å². The van der Waals surface area contributed by atoms with Crippen molar-refractivity contribution in [2.24, 2.45) is 0 Å². The van der Waals surface area contributed by atoms with Crippen molar-refractivity contribution in [2.75, 3.05) is 13.6 Å². The van der Waals surface area contributed by atoms with Gasteiger partial charge in [-0.2, -0.15) is 13.2 Å². The van der Waals surface area contributed by atoms with Crippen LogP contribution in [-0.2, 0) is 0 Å². The molecule has 2 unspecified atom stereocenters. The zero-order chi connectivity index (χ0) is 13.8. The summed E-state index contributed by atoms with van der Waals surface area (Å²) in [6, 6.07) is 0.0990. The average molecular weight is 266 g/mol. The zero-order valence-electron chi connectivity index (χ0n) is 11.6. The molecule has 1 saturated carbocycles. The standard InChI is InChI=1S/C13H25F3N2/c1-10(2)18(9-13(14,15)16)12-8-6-4-5-7-11(12)17-3/h10-12,17H,4-9H2,1-3H3. The minimum absolute atomic E-state index is 0.000810. The predicted octanol–water partition coefficient (Wildman–Crippen LogP) is 3.18. The molecule has 1 N–H and O–H groups in total. The fraction of sp³-hybridized carbons (Fsp3) is 1.00. The molecular formula is C13H25F3N2. The molecule has 1 fully saturated rings. The van der Waals surface area contributed by atoms with Gasteiger partial charge in [0.25, 0.3) is 0 Å². The molecule has 2 nitrogen and oxygen atoms in total. The van der Waals surface area contributed by atoms with Gasteiger partial charge in [-0.25, -0.2) is 0 Å². The zero-order valence-corrected chi connectivity index (χ0v) is 11.6. The minimum atomic E-state index is -4.12. The highest BCUT2D eigenvalue weighted by atomic mass is 19.4. The van der Waals surface area contributed by atoms with Gasteiger partial charge < -0.3 is 5.32 Å². The molecule has 1 aliphatic carbocycles. The van der Waals surface area contributed by atoms with Crippen molar-refractivity contribution >= 4 is 0 Å². The van der Waals surface area contributed by atoms with Gasteiger partial charge in [0, 0.05) is 18.1 Å². The van der Waals surface area contributed by atoms with Crippen molar-refractivity contribution in [1.29, 1.82) is 0 Å². The Labute approximate surface area is 108 Å². The molecule has 1 aliphatic rings. The third-order valence-electron chi connectivity index (χ3n) is 3.80. The quantitative estimate of drug-likeness (QED) is 0.786. The topological polar surface area (TPSA) is 15.3 Å². The Kier molecular flexibility index (Phi) is 5.92. The number of alkyl halides is 3. The number of halogens is 3. The summed E-state index contributed by atoms with van der Waals surface area (Å²) in [5.41, 5.74) is 0. The smallest absolute Gasteiger partial charge is 0.315 e. The van der Waals surface area contributed by atoms with E-state index in [0.717, 1.165) is 32.1 Å². The number of hydrogen-bond acceptors (Lipinski definition) is 2. The molecule has 0 spiro atoms. The van der Waals surface area contributed by atoms with Crippen LogP contribution in [0.4, 0.5) is 13.2 Å². The van der Waals surface area contributed by atoms with Crippen molar-refractivity contribution < 1.29 is 13.2 Å². The molecule has 18 heavy (non-hydrogen) atoms. The van der Waals surface area contributed by atoms with Crippen LogP contribution in [-0.4, -0.2) is 42.8 Å². The molecule has 0 saturated heterocycles. The Morgan fingerprint density at radius 1 is 1.17 bits per heavy atom. The van der Waals surface area contributed by atoms with E-state index in [1.165, 1.54) is 0 Å². The fourth-order valence-electron chi connectivity index (χ4n) is 2.91. The Bertz CT molecular complexity index is 241. The van der Waals surface area contributed by atoms with Crippen molar-refractivity contribution in [3.05, 3.63) is 0 Å². The molecule has 1 rings (SSSR count). The summed E-state index contributed by atoms with van der Waals surface area (Å²) in [5, 5.41) is 3.21. The van der Waals surface area contributed by atoms with E-state index in [2.05, 4.69) is 5.32 Å². The molecule has 0 aliphatic heterocycles. The monoisotopic (exact) mass is 266 g/mol. The van der Waals surface area contributed by atoms with Gasteiger partial charge in [-0.15, -0.1) is 0 Å². The Hall–Kier alpha value is -0.290. The van der Waals surface area contributed by atoms with Crippen LogP contribution in [0.2, 0.25) is 0 Å². The van der Waals surface area contributed by atoms with E-state index in [-0.39, 0.29) is 18.1 Å². The molecule has 0 aromatic rings. The minimum Gasteiger partial charge on any atom is -0.315 e. The molecule has 108 valence electrons. The van der Waals surface area contributed by atoms with Gasteiger partial charge in [0.15, 0.2) is 0 Å². The first-order chi connectivity index (χ1) is 8.35. The fourth-order valence-corrected chi connectivity index (χ4v) is 2.91. The van der Waals surface area contributed by atoms with E-state index in [0.29, 0.717) is 0 Å². The van der Waals surface area contributed by atoms with E-state index >= 15 is 0 Å². The van der Waals surface area contributed by atoms with Crippen LogP contribution < -0.4 is 5.32 Å². The molecule has 0 heterocycles. The van der Waals surface area contributed by atoms with Crippen molar-refractivity contribution in [1.82, 2.24) is 10.2 Å². The second-order valence-corrected chi connectivity index (χ2v) is 5.48. The first kappa shape index (κ1) is 15.8. The summed E-state index contributed by atoms with van der Waals surface area (Å²) in [7, 11) is 1.86. The maximum atomic E-state index is 12.7. The number of nitrogens with zero attached hydrogens (tertiary/aromatic N) is 1. The molecule has 0 aromatic heterocycles. The first-order valence-electron chi connectivity index (χ1n) is 6.85. The van der Waals surface area contributed by atoms with Crippen LogP contribution >= 0.6 is 0 Å². The highest BCUT2D eigenvalue weighted by molar-refractivity contribution is 4.88. The van der Waals surface area contributed by atoms with Gasteiger partial charge in [-0.1, -0.05) is 19.3 Å². The molecule has 0 radical (unpaired) electrons. The van der Waals surface area contributed by atoms with E-state index in [9.17, 15) is 13.2 Å². The average Bonchev–Trinajstić information content (AvgIpc) is 2.48. The second kappa shape index (κ2) is 6.75. The van der Waals surface area contributed by atoms with E-state index in [1.54, 1.807) is 4.90 Å². The highest BCUT2D eigenvalue weighted by Crippen LogP contribution is 2.27. The van der Waals surface area contributed by atoms with Crippen LogP contribution in [0.3, 0.4) is 0 Å². The van der Waals surface area contributed by atoms with Gasteiger partial charge in [0.1, 0.15) is 0 Å². The third kappa shape index (κ3) is 4.76. The van der Waals surface area contributed by atoms with Gasteiger partial charge in [-0.3, -0.25) is 4.90 Å². The first-order valence-corrected chi connectivity index (χ1v) is 6.85. The normalized spacial score (nSPS) is 26.7. The van der Waals surface area contributed by atoms with Crippen molar-refractivity contribution in [3.63, 3.8) is 0 Å². The summed E-state index contributed by atoms with van der Waals surface area (Å²) in [4.78, 5) is 1.62. The summed E-state index contributed by atoms with van der Waals surface area (Å²) in [6.07, 6.45) is 0.993. The lowest BCUT2D eigenvalue weighted by atomic mass is 10.00. The number of nitrogens with one attached hydrogen (secondary N) is 1. The summed E-state index contributed by atoms with van der Waals surface area (Å²) in [5.74, 6) is 0. The van der Waals surface area contributed by atoms with E-state index < -0.39 is 12.7 Å². The highest BCUT2D eigenvalue weighted by Gasteiger charge is 2.37. The van der Waals surface area contributed by atoms with Crippen LogP contribution in [0, 0.1) is 0 Å². The van der Waals surface area contributed by atoms with Gasteiger partial charge >= 0.3 is 6.18 Å². The van der Waals surface area contributed by atoms with Crippen LogP contribution in [0.5, 0.6) is 0 Å². The van der Waals surface area contributed by atoms with Crippen molar-refractivity contribution in [2.45, 2.75) is 70.3 Å². The SMILES string of the molecule is CNC1CCCCCC1N(CC(F)(F)F)C(C)C. The van der Waals surface area contributed by atoms with Crippen LogP contribution in [0.1, 0.15) is 46.0 Å². The maximum Gasteiger partial charge on any atom is 0.401 e. The Morgan fingerprint density at radius 3 is 2.28 bits per heavy atom. The van der Waals surface area contributed by atoms with Gasteiger partial charge in [0.05, 0.1) is 6.54 Å². The number of hydrogen-bond donors (Lipinski definition) is 1. The molecular weight excluding hydrogens is 241 g/mol.